The minimum absolute atomic E-state index is 0.0196. The van der Waals surface area contributed by atoms with Gasteiger partial charge < -0.3 is 9.80 Å². The molecule has 0 radical (unpaired) electrons. The smallest absolute Gasteiger partial charge is 0.225 e. The molecule has 0 spiro atoms. The van der Waals surface area contributed by atoms with E-state index < -0.39 is 15.1 Å². The fourth-order valence-corrected chi connectivity index (χ4v) is 6.86. The Balaban J connectivity index is 1.60. The zero-order valence-electron chi connectivity index (χ0n) is 17.7. The van der Waals surface area contributed by atoms with Gasteiger partial charge in [0.15, 0.2) is 9.84 Å². The standard InChI is InChI=1S/C21H32N4O3S/c1-14(2)6-7-19(26)25-11-17-18(12-25)29(27,28)13-16-9-22-21(23-20(16)17)24-8-4-5-15(3)10-24/h9,14-15,17-18H,4-8,10-13H2,1-3H3/t15-,17-,18+/m0/s1. The average Bonchev–Trinajstić information content (AvgIpc) is 3.13. The third-order valence-corrected chi connectivity index (χ3v) is 8.66. The maximum atomic E-state index is 12.9. The fraction of sp³-hybridized carbons (Fsp3) is 0.762. The Morgan fingerprint density at radius 2 is 2.07 bits per heavy atom. The number of sulfone groups is 1. The molecule has 0 aromatic carbocycles. The lowest BCUT2D eigenvalue weighted by atomic mass is 9.99. The zero-order valence-corrected chi connectivity index (χ0v) is 18.5. The summed E-state index contributed by atoms with van der Waals surface area (Å²) < 4.78 is 25.8. The molecule has 4 heterocycles. The lowest BCUT2D eigenvalue weighted by molar-refractivity contribution is -0.130. The Hall–Kier alpha value is -1.70. The quantitative estimate of drug-likeness (QED) is 0.744. The maximum Gasteiger partial charge on any atom is 0.225 e. The van der Waals surface area contributed by atoms with Crippen molar-refractivity contribution < 1.29 is 13.2 Å². The number of piperidine rings is 1. The van der Waals surface area contributed by atoms with E-state index in [1.54, 1.807) is 11.1 Å². The highest BCUT2D eigenvalue weighted by Crippen LogP contribution is 2.40. The Kier molecular flexibility index (Phi) is 5.57. The van der Waals surface area contributed by atoms with Gasteiger partial charge in [-0.1, -0.05) is 20.8 Å². The van der Waals surface area contributed by atoms with E-state index >= 15 is 0 Å². The number of carbonyl (C=O) groups excluding carboxylic acids is 1. The molecule has 1 aromatic rings. The molecule has 160 valence electrons. The molecule has 2 fully saturated rings. The lowest BCUT2D eigenvalue weighted by Gasteiger charge is -2.32. The van der Waals surface area contributed by atoms with E-state index in [1.807, 2.05) is 0 Å². The summed E-state index contributed by atoms with van der Waals surface area (Å²) in [7, 11) is -3.31. The summed E-state index contributed by atoms with van der Waals surface area (Å²) in [5.74, 6) is 1.57. The molecular formula is C21H32N4O3S. The largest absolute Gasteiger partial charge is 0.341 e. The maximum absolute atomic E-state index is 12.9. The second-order valence-electron chi connectivity index (χ2n) is 9.46. The Morgan fingerprint density at radius 3 is 2.79 bits per heavy atom. The van der Waals surface area contributed by atoms with Crippen molar-refractivity contribution in [3.63, 3.8) is 0 Å². The highest BCUT2D eigenvalue weighted by molar-refractivity contribution is 7.91. The van der Waals surface area contributed by atoms with Crippen molar-refractivity contribution in [2.75, 3.05) is 31.1 Å². The summed E-state index contributed by atoms with van der Waals surface area (Å²) in [5.41, 5.74) is 1.55. The number of fused-ring (bicyclic) bond motifs is 3. The molecule has 29 heavy (non-hydrogen) atoms. The van der Waals surface area contributed by atoms with Crippen LogP contribution in [0.15, 0.2) is 6.20 Å². The molecule has 3 atom stereocenters. The van der Waals surface area contributed by atoms with Gasteiger partial charge in [0.2, 0.25) is 11.9 Å². The van der Waals surface area contributed by atoms with Crippen LogP contribution in [0.5, 0.6) is 0 Å². The van der Waals surface area contributed by atoms with Crippen LogP contribution in [-0.2, 0) is 20.4 Å². The van der Waals surface area contributed by atoms with Crippen molar-refractivity contribution in [1.82, 2.24) is 14.9 Å². The number of likely N-dealkylation sites (tertiary alicyclic amines) is 1. The van der Waals surface area contributed by atoms with E-state index in [1.165, 1.54) is 6.42 Å². The van der Waals surface area contributed by atoms with Crippen LogP contribution in [0.2, 0.25) is 0 Å². The Morgan fingerprint density at radius 1 is 1.28 bits per heavy atom. The third kappa shape index (κ3) is 4.13. The van der Waals surface area contributed by atoms with Crippen LogP contribution in [0.3, 0.4) is 0 Å². The van der Waals surface area contributed by atoms with E-state index in [9.17, 15) is 13.2 Å². The monoisotopic (exact) mass is 420 g/mol. The van der Waals surface area contributed by atoms with Crippen LogP contribution in [0.4, 0.5) is 5.95 Å². The van der Waals surface area contributed by atoms with Gasteiger partial charge in [-0.2, -0.15) is 0 Å². The summed E-state index contributed by atoms with van der Waals surface area (Å²) in [6.45, 7) is 9.05. The van der Waals surface area contributed by atoms with Crippen LogP contribution in [0.1, 0.15) is 63.6 Å². The number of anilines is 1. The number of amides is 1. The SMILES string of the molecule is CC(C)CCC(=O)N1C[C@@H]2c3nc(N4CCC[C@H](C)C4)ncc3CS(=O)(=O)[C@@H]2C1. The molecule has 0 unspecified atom stereocenters. The van der Waals surface area contributed by atoms with Gasteiger partial charge in [0.05, 0.1) is 16.7 Å². The highest BCUT2D eigenvalue weighted by Gasteiger charge is 2.48. The van der Waals surface area contributed by atoms with Gasteiger partial charge in [-0.05, 0) is 31.1 Å². The molecule has 3 aliphatic heterocycles. The molecule has 8 heteroatoms. The molecule has 1 aromatic heterocycles. The van der Waals surface area contributed by atoms with E-state index in [-0.39, 0.29) is 17.6 Å². The van der Waals surface area contributed by atoms with Crippen LogP contribution < -0.4 is 4.90 Å². The van der Waals surface area contributed by atoms with E-state index in [2.05, 4.69) is 30.7 Å². The third-order valence-electron chi connectivity index (χ3n) is 6.55. The van der Waals surface area contributed by atoms with Crippen LogP contribution in [-0.4, -0.2) is 60.6 Å². The number of rotatable bonds is 4. The summed E-state index contributed by atoms with van der Waals surface area (Å²) >= 11 is 0. The number of hydrogen-bond donors (Lipinski definition) is 0. The molecular weight excluding hydrogens is 388 g/mol. The fourth-order valence-electron chi connectivity index (χ4n) is 4.86. The second kappa shape index (κ2) is 7.85. The van der Waals surface area contributed by atoms with Crippen molar-refractivity contribution in [2.24, 2.45) is 11.8 Å². The number of nitrogens with zero attached hydrogens (tertiary/aromatic N) is 4. The molecule has 0 N–H and O–H groups in total. The van der Waals surface area contributed by atoms with Crippen molar-refractivity contribution in [1.29, 1.82) is 0 Å². The van der Waals surface area contributed by atoms with E-state index in [4.69, 9.17) is 4.98 Å². The van der Waals surface area contributed by atoms with Crippen LogP contribution in [0.25, 0.3) is 0 Å². The summed E-state index contributed by atoms with van der Waals surface area (Å²) in [6.07, 6.45) is 5.35. The van der Waals surface area contributed by atoms with Gasteiger partial charge in [0, 0.05) is 50.3 Å². The average molecular weight is 421 g/mol. The molecule has 4 rings (SSSR count). The molecule has 0 aliphatic carbocycles. The van der Waals surface area contributed by atoms with Gasteiger partial charge in [0.25, 0.3) is 0 Å². The van der Waals surface area contributed by atoms with Gasteiger partial charge >= 0.3 is 0 Å². The van der Waals surface area contributed by atoms with E-state index in [0.29, 0.717) is 42.9 Å². The van der Waals surface area contributed by atoms with Gasteiger partial charge in [0.1, 0.15) is 0 Å². The topological polar surface area (TPSA) is 83.5 Å². The molecule has 1 amide bonds. The Bertz CT molecular complexity index is 886. The van der Waals surface area contributed by atoms with Crippen LogP contribution in [0, 0.1) is 11.8 Å². The first-order chi connectivity index (χ1) is 13.7. The van der Waals surface area contributed by atoms with Crippen molar-refractivity contribution in [3.8, 4) is 0 Å². The summed E-state index contributed by atoms with van der Waals surface area (Å²) in [6, 6.07) is 0. The lowest BCUT2D eigenvalue weighted by Crippen LogP contribution is -2.38. The molecule has 3 aliphatic rings. The predicted molar refractivity (Wildman–Crippen MR) is 112 cm³/mol. The minimum atomic E-state index is -3.31. The van der Waals surface area contributed by atoms with Gasteiger partial charge in [-0.3, -0.25) is 4.79 Å². The number of hydrogen-bond acceptors (Lipinski definition) is 6. The van der Waals surface area contributed by atoms with Gasteiger partial charge in [-0.25, -0.2) is 18.4 Å². The minimum Gasteiger partial charge on any atom is -0.341 e. The summed E-state index contributed by atoms with van der Waals surface area (Å²) in [5, 5.41) is -0.541. The molecule has 0 bridgehead atoms. The van der Waals surface area contributed by atoms with Crippen LogP contribution >= 0.6 is 0 Å². The van der Waals surface area contributed by atoms with Gasteiger partial charge in [-0.15, -0.1) is 0 Å². The normalized spacial score (nSPS) is 28.3. The first-order valence-corrected chi connectivity index (χ1v) is 12.6. The number of carbonyl (C=O) groups is 1. The first-order valence-electron chi connectivity index (χ1n) is 10.8. The van der Waals surface area contributed by atoms with Crippen molar-refractivity contribution in [3.05, 3.63) is 17.5 Å². The van der Waals surface area contributed by atoms with Crippen molar-refractivity contribution in [2.45, 2.75) is 63.4 Å². The zero-order chi connectivity index (χ0) is 20.8. The highest BCUT2D eigenvalue weighted by atomic mass is 32.2. The van der Waals surface area contributed by atoms with Crippen molar-refractivity contribution >= 4 is 21.7 Å². The predicted octanol–water partition coefficient (Wildman–Crippen LogP) is 2.37. The Labute approximate surface area is 173 Å². The molecule has 0 saturated carbocycles. The van der Waals surface area contributed by atoms with E-state index in [0.717, 1.165) is 31.6 Å². The molecule has 7 nitrogen and oxygen atoms in total. The second-order valence-corrected chi connectivity index (χ2v) is 11.7. The number of aromatic nitrogens is 2. The molecule has 2 saturated heterocycles. The summed E-state index contributed by atoms with van der Waals surface area (Å²) in [4.78, 5) is 26.0. The first kappa shape index (κ1) is 20.6.